The van der Waals surface area contributed by atoms with E-state index in [4.69, 9.17) is 5.53 Å². The standard InChI is InChI=1S/C9H7F2N3O/c1-5(13-14-12)9(15)6-2-3-7(10)8(11)4-6/h2-5H,1H3. The molecule has 0 saturated carbocycles. The molecule has 0 amide bonds. The molecule has 1 aromatic carbocycles. The van der Waals surface area contributed by atoms with E-state index in [-0.39, 0.29) is 5.56 Å². The van der Waals surface area contributed by atoms with Gasteiger partial charge < -0.3 is 0 Å². The second kappa shape index (κ2) is 4.52. The molecular formula is C9H7F2N3O. The van der Waals surface area contributed by atoms with Crippen molar-refractivity contribution in [1.29, 1.82) is 0 Å². The molecule has 0 bridgehead atoms. The zero-order valence-corrected chi connectivity index (χ0v) is 7.82. The van der Waals surface area contributed by atoms with Crippen molar-refractivity contribution in [1.82, 2.24) is 0 Å². The van der Waals surface area contributed by atoms with Gasteiger partial charge in [0, 0.05) is 10.5 Å². The number of hydrogen-bond acceptors (Lipinski definition) is 2. The number of rotatable bonds is 3. The van der Waals surface area contributed by atoms with Gasteiger partial charge in [-0.25, -0.2) is 8.78 Å². The third-order valence-corrected chi connectivity index (χ3v) is 1.81. The van der Waals surface area contributed by atoms with E-state index < -0.39 is 23.5 Å². The fraction of sp³-hybridized carbons (Fsp3) is 0.222. The molecule has 0 aliphatic rings. The van der Waals surface area contributed by atoms with E-state index in [1.807, 2.05) is 0 Å². The maximum atomic E-state index is 12.8. The van der Waals surface area contributed by atoms with Gasteiger partial charge in [-0.2, -0.15) is 0 Å². The highest BCUT2D eigenvalue weighted by molar-refractivity contribution is 5.99. The molecule has 0 saturated heterocycles. The second-order valence-corrected chi connectivity index (χ2v) is 2.87. The normalized spacial score (nSPS) is 11.7. The van der Waals surface area contributed by atoms with Gasteiger partial charge in [-0.05, 0) is 30.7 Å². The van der Waals surface area contributed by atoms with Crippen LogP contribution in [0.25, 0.3) is 10.4 Å². The maximum absolute atomic E-state index is 12.8. The van der Waals surface area contributed by atoms with Crippen LogP contribution in [0.2, 0.25) is 0 Å². The zero-order chi connectivity index (χ0) is 11.4. The molecule has 1 rings (SSSR count). The molecular weight excluding hydrogens is 204 g/mol. The fourth-order valence-electron chi connectivity index (χ4n) is 1.02. The van der Waals surface area contributed by atoms with Crippen LogP contribution in [0.4, 0.5) is 8.78 Å². The van der Waals surface area contributed by atoms with Crippen molar-refractivity contribution in [3.05, 3.63) is 45.8 Å². The van der Waals surface area contributed by atoms with Crippen molar-refractivity contribution < 1.29 is 13.6 Å². The summed E-state index contributed by atoms with van der Waals surface area (Å²) in [6, 6.07) is 1.84. The Morgan fingerprint density at radius 1 is 1.47 bits per heavy atom. The van der Waals surface area contributed by atoms with E-state index in [9.17, 15) is 13.6 Å². The largest absolute Gasteiger partial charge is 0.294 e. The highest BCUT2D eigenvalue weighted by Crippen LogP contribution is 2.11. The minimum Gasteiger partial charge on any atom is -0.294 e. The third-order valence-electron chi connectivity index (χ3n) is 1.81. The van der Waals surface area contributed by atoms with Crippen LogP contribution in [-0.2, 0) is 0 Å². The van der Waals surface area contributed by atoms with E-state index >= 15 is 0 Å². The van der Waals surface area contributed by atoms with E-state index in [1.54, 1.807) is 0 Å². The van der Waals surface area contributed by atoms with Gasteiger partial charge >= 0.3 is 0 Å². The number of azide groups is 1. The molecule has 1 atom stereocenters. The van der Waals surface area contributed by atoms with Crippen LogP contribution >= 0.6 is 0 Å². The average molecular weight is 211 g/mol. The van der Waals surface area contributed by atoms with Crippen molar-refractivity contribution in [2.24, 2.45) is 5.11 Å². The summed E-state index contributed by atoms with van der Waals surface area (Å²) >= 11 is 0. The van der Waals surface area contributed by atoms with E-state index in [2.05, 4.69) is 10.0 Å². The maximum Gasteiger partial charge on any atom is 0.171 e. The van der Waals surface area contributed by atoms with Gasteiger partial charge in [0.05, 0.1) is 6.04 Å². The SMILES string of the molecule is CC(N=[N+]=[N-])C(=O)c1ccc(F)c(F)c1. The molecule has 0 aliphatic heterocycles. The lowest BCUT2D eigenvalue weighted by atomic mass is 10.1. The van der Waals surface area contributed by atoms with Crippen LogP contribution in [-0.4, -0.2) is 11.8 Å². The molecule has 0 spiro atoms. The Morgan fingerprint density at radius 3 is 2.67 bits per heavy atom. The summed E-state index contributed by atoms with van der Waals surface area (Å²) in [7, 11) is 0. The Hall–Kier alpha value is -1.94. The van der Waals surface area contributed by atoms with Crippen LogP contribution in [0.3, 0.4) is 0 Å². The second-order valence-electron chi connectivity index (χ2n) is 2.87. The van der Waals surface area contributed by atoms with E-state index in [1.165, 1.54) is 6.92 Å². The van der Waals surface area contributed by atoms with Gasteiger partial charge in [-0.1, -0.05) is 5.11 Å². The van der Waals surface area contributed by atoms with Crippen molar-refractivity contribution in [3.8, 4) is 0 Å². The molecule has 6 heteroatoms. The molecule has 0 radical (unpaired) electrons. The van der Waals surface area contributed by atoms with Gasteiger partial charge in [0.25, 0.3) is 0 Å². The Morgan fingerprint density at radius 2 is 2.13 bits per heavy atom. The highest BCUT2D eigenvalue weighted by atomic mass is 19.2. The number of benzene rings is 1. The molecule has 1 unspecified atom stereocenters. The summed E-state index contributed by atoms with van der Waals surface area (Å²) in [5, 5.41) is 3.17. The Kier molecular flexibility index (Phi) is 3.36. The summed E-state index contributed by atoms with van der Waals surface area (Å²) < 4.78 is 25.3. The smallest absolute Gasteiger partial charge is 0.171 e. The molecule has 0 fully saturated rings. The summed E-state index contributed by atoms with van der Waals surface area (Å²) in [6.45, 7) is 1.38. The number of halogens is 2. The predicted molar refractivity (Wildman–Crippen MR) is 49.3 cm³/mol. The average Bonchev–Trinajstić information content (AvgIpc) is 2.21. The van der Waals surface area contributed by atoms with Gasteiger partial charge in [0.2, 0.25) is 0 Å². The minimum atomic E-state index is -1.10. The monoisotopic (exact) mass is 211 g/mol. The third kappa shape index (κ3) is 2.51. The molecule has 0 heterocycles. The lowest BCUT2D eigenvalue weighted by Crippen LogP contribution is -2.14. The lowest BCUT2D eigenvalue weighted by Gasteiger charge is -2.03. The number of nitrogens with zero attached hydrogens (tertiary/aromatic N) is 3. The first-order valence-electron chi connectivity index (χ1n) is 4.09. The van der Waals surface area contributed by atoms with Crippen molar-refractivity contribution in [3.63, 3.8) is 0 Å². The van der Waals surface area contributed by atoms with Crippen molar-refractivity contribution >= 4 is 5.78 Å². The number of Topliss-reactive ketones (excluding diaryl/α,β-unsaturated/α-hetero) is 1. The van der Waals surface area contributed by atoms with Crippen LogP contribution in [0.5, 0.6) is 0 Å². The van der Waals surface area contributed by atoms with Gasteiger partial charge in [0.1, 0.15) is 0 Å². The molecule has 4 nitrogen and oxygen atoms in total. The first kappa shape index (κ1) is 11.1. The van der Waals surface area contributed by atoms with E-state index in [0.717, 1.165) is 18.2 Å². The highest BCUT2D eigenvalue weighted by Gasteiger charge is 2.15. The summed E-state index contributed by atoms with van der Waals surface area (Å²) in [5.41, 5.74) is 8.08. The molecule has 0 N–H and O–H groups in total. The van der Waals surface area contributed by atoms with Crippen molar-refractivity contribution in [2.45, 2.75) is 13.0 Å². The number of carbonyl (C=O) groups excluding carboxylic acids is 1. The van der Waals surface area contributed by atoms with Crippen LogP contribution in [0.15, 0.2) is 23.3 Å². The zero-order valence-electron chi connectivity index (χ0n) is 7.82. The Labute approximate surface area is 84.2 Å². The van der Waals surface area contributed by atoms with Gasteiger partial charge in [-0.3, -0.25) is 4.79 Å². The topological polar surface area (TPSA) is 65.8 Å². The summed E-state index contributed by atoms with van der Waals surface area (Å²) in [4.78, 5) is 13.9. The number of hydrogen-bond donors (Lipinski definition) is 0. The number of carbonyl (C=O) groups is 1. The van der Waals surface area contributed by atoms with Crippen LogP contribution in [0.1, 0.15) is 17.3 Å². The molecule has 1 aromatic rings. The van der Waals surface area contributed by atoms with Crippen LogP contribution in [0, 0.1) is 11.6 Å². The number of ketones is 1. The molecule has 15 heavy (non-hydrogen) atoms. The summed E-state index contributed by atoms with van der Waals surface area (Å²) in [6.07, 6.45) is 0. The van der Waals surface area contributed by atoms with Crippen molar-refractivity contribution in [2.75, 3.05) is 0 Å². The molecule has 0 aromatic heterocycles. The first-order chi connectivity index (χ1) is 7.06. The van der Waals surface area contributed by atoms with Gasteiger partial charge in [-0.15, -0.1) is 0 Å². The Bertz CT molecular complexity index is 441. The van der Waals surface area contributed by atoms with E-state index in [0.29, 0.717) is 0 Å². The van der Waals surface area contributed by atoms with Gasteiger partial charge in [0.15, 0.2) is 17.4 Å². The molecule has 0 aliphatic carbocycles. The quantitative estimate of drug-likeness (QED) is 0.328. The molecule has 78 valence electrons. The lowest BCUT2D eigenvalue weighted by molar-refractivity contribution is 0.0967. The first-order valence-corrected chi connectivity index (χ1v) is 4.09. The Balaban J connectivity index is 3.01. The van der Waals surface area contributed by atoms with Crippen LogP contribution < -0.4 is 0 Å². The summed E-state index contributed by atoms with van der Waals surface area (Å²) in [5.74, 6) is -2.68. The fourth-order valence-corrected chi connectivity index (χ4v) is 1.02. The minimum absolute atomic E-state index is 0.0196. The predicted octanol–water partition coefficient (Wildman–Crippen LogP) is 2.85.